The van der Waals surface area contributed by atoms with E-state index in [-0.39, 0.29) is 90.5 Å². The van der Waals surface area contributed by atoms with Gasteiger partial charge in [-0.05, 0) is 64.2 Å². The van der Waals surface area contributed by atoms with Crippen molar-refractivity contribution in [3.8, 4) is 0 Å². The van der Waals surface area contributed by atoms with Crippen molar-refractivity contribution in [2.75, 3.05) is 65.7 Å². The summed E-state index contributed by atoms with van der Waals surface area (Å²) in [6.45, 7) is 5.30. The van der Waals surface area contributed by atoms with E-state index in [0.717, 1.165) is 64.2 Å². The smallest absolute Gasteiger partial charge is 0.306 e. The van der Waals surface area contributed by atoms with Crippen LogP contribution in [0.1, 0.15) is 194 Å². The first-order valence-electron chi connectivity index (χ1n) is 24.0. The van der Waals surface area contributed by atoms with Crippen LogP contribution in [-0.4, -0.2) is 120 Å². The Morgan fingerprint density at radius 2 is 0.672 bits per heavy atom. The fraction of sp³-hybridized carbons (Fsp3) is 0.875. The molecule has 58 heavy (non-hydrogen) atoms. The van der Waals surface area contributed by atoms with E-state index in [4.69, 9.17) is 9.47 Å². The second kappa shape index (κ2) is 44.7. The fourth-order valence-electron chi connectivity index (χ4n) is 7.26. The predicted octanol–water partition coefficient (Wildman–Crippen LogP) is 9.46. The van der Waals surface area contributed by atoms with Gasteiger partial charge in [-0.25, -0.2) is 0 Å². The van der Waals surface area contributed by atoms with Gasteiger partial charge in [0.25, 0.3) is 0 Å². The molecule has 4 N–H and O–H groups in total. The lowest BCUT2D eigenvalue weighted by Gasteiger charge is -2.34. The van der Waals surface area contributed by atoms with Crippen LogP contribution < -0.4 is 0 Å². The minimum Gasteiger partial charge on any atom is -0.457 e. The van der Waals surface area contributed by atoms with E-state index >= 15 is 0 Å². The lowest BCUT2D eigenvalue weighted by molar-refractivity contribution is -0.171. The van der Waals surface area contributed by atoms with Gasteiger partial charge < -0.3 is 29.9 Å². The molecule has 0 aromatic carbocycles. The van der Waals surface area contributed by atoms with Gasteiger partial charge in [-0.3, -0.25) is 19.4 Å². The van der Waals surface area contributed by atoms with Crippen molar-refractivity contribution in [1.82, 2.24) is 9.80 Å². The summed E-state index contributed by atoms with van der Waals surface area (Å²) < 4.78 is 12.1. The summed E-state index contributed by atoms with van der Waals surface area (Å²) in [6, 6.07) is 0. The summed E-state index contributed by atoms with van der Waals surface area (Å²) in [4.78, 5) is 30.1. The standard InChI is InChI=1S/C48H92N2O8/c1-3-5-7-9-11-13-15-17-19-21-23-25-27-29-31-33-47(55)57-45(43-49(35-39-51)36-40-52)46(44-50(37-41-53)38-42-54)58-48(56)34-32-30-28-26-24-22-20-18-16-14-12-10-8-6-4-2/h17-20,45-46,51-54H,3-16,21-44H2,1-2H3/b19-17+,20-18+. The minimum absolute atomic E-state index is 0.142. The van der Waals surface area contributed by atoms with Gasteiger partial charge in [0.05, 0.1) is 26.4 Å². The Labute approximate surface area is 356 Å². The zero-order valence-corrected chi connectivity index (χ0v) is 37.7. The fourth-order valence-corrected chi connectivity index (χ4v) is 7.26. The van der Waals surface area contributed by atoms with Gasteiger partial charge in [0.1, 0.15) is 0 Å². The number of aliphatic hydroxyl groups excluding tert-OH is 4. The van der Waals surface area contributed by atoms with Gasteiger partial charge in [-0.2, -0.15) is 0 Å². The summed E-state index contributed by atoms with van der Waals surface area (Å²) in [6.07, 6.45) is 38.4. The Hall–Kier alpha value is -1.82. The van der Waals surface area contributed by atoms with Crippen molar-refractivity contribution in [3.05, 3.63) is 24.3 Å². The van der Waals surface area contributed by atoms with Gasteiger partial charge in [0, 0.05) is 52.1 Å². The molecule has 2 atom stereocenters. The third kappa shape index (κ3) is 37.2. The number of ether oxygens (including phenoxy) is 2. The normalized spacial score (nSPS) is 13.0. The molecule has 342 valence electrons. The van der Waals surface area contributed by atoms with Gasteiger partial charge in [-0.15, -0.1) is 0 Å². The maximum Gasteiger partial charge on any atom is 0.306 e. The number of aliphatic hydroxyl groups is 4. The first kappa shape index (κ1) is 56.2. The van der Waals surface area contributed by atoms with Crippen molar-refractivity contribution < 1.29 is 39.5 Å². The van der Waals surface area contributed by atoms with E-state index in [9.17, 15) is 30.0 Å². The molecule has 2 unspecified atom stereocenters. The van der Waals surface area contributed by atoms with Crippen molar-refractivity contribution in [2.24, 2.45) is 0 Å². The van der Waals surface area contributed by atoms with E-state index in [0.29, 0.717) is 12.8 Å². The van der Waals surface area contributed by atoms with E-state index in [1.54, 1.807) is 9.80 Å². The van der Waals surface area contributed by atoms with E-state index < -0.39 is 12.2 Å². The highest BCUT2D eigenvalue weighted by Crippen LogP contribution is 2.17. The maximum absolute atomic E-state index is 13.3. The quantitative estimate of drug-likeness (QED) is 0.0267. The molecular formula is C48H92N2O8. The molecule has 0 amide bonds. The van der Waals surface area contributed by atoms with Crippen LogP contribution in [0.5, 0.6) is 0 Å². The minimum atomic E-state index is -0.855. The molecule has 0 aliphatic carbocycles. The number of hydrogen-bond acceptors (Lipinski definition) is 10. The van der Waals surface area contributed by atoms with E-state index in [1.807, 2.05) is 0 Å². The Morgan fingerprint density at radius 3 is 0.948 bits per heavy atom. The monoisotopic (exact) mass is 825 g/mol. The highest BCUT2D eigenvalue weighted by Gasteiger charge is 2.32. The summed E-state index contributed by atoms with van der Waals surface area (Å²) in [5.41, 5.74) is 0. The van der Waals surface area contributed by atoms with Gasteiger partial charge in [0.15, 0.2) is 12.2 Å². The topological polar surface area (TPSA) is 140 Å². The van der Waals surface area contributed by atoms with Crippen LogP contribution in [0.15, 0.2) is 24.3 Å². The third-order valence-corrected chi connectivity index (χ3v) is 10.8. The molecule has 0 rings (SSSR count). The zero-order chi connectivity index (χ0) is 42.6. The average molecular weight is 825 g/mol. The lowest BCUT2D eigenvalue weighted by atomic mass is 10.1. The molecule has 0 saturated carbocycles. The van der Waals surface area contributed by atoms with Gasteiger partial charge in [0.2, 0.25) is 0 Å². The first-order valence-corrected chi connectivity index (χ1v) is 24.0. The largest absolute Gasteiger partial charge is 0.457 e. The van der Waals surface area contributed by atoms with Gasteiger partial charge in [-0.1, -0.05) is 141 Å². The number of carbonyl (C=O) groups is 2. The second-order valence-corrected chi connectivity index (χ2v) is 16.2. The second-order valence-electron chi connectivity index (χ2n) is 16.2. The Balaban J connectivity index is 5.02. The molecule has 0 saturated heterocycles. The molecule has 0 aliphatic heterocycles. The molecule has 10 heteroatoms. The Kier molecular flexibility index (Phi) is 43.3. The number of esters is 2. The van der Waals surface area contributed by atoms with Crippen LogP contribution in [0.2, 0.25) is 0 Å². The van der Waals surface area contributed by atoms with Crippen molar-refractivity contribution in [3.63, 3.8) is 0 Å². The SMILES string of the molecule is CCCCCCCC/C=C/CCCCCCCC(=O)OC(CN(CCO)CCO)C(CN(CCO)CCO)OC(=O)CCCCCCC/C=C/CCCCCCCC. The summed E-state index contributed by atoms with van der Waals surface area (Å²) in [5, 5.41) is 38.8. The molecule has 0 spiro atoms. The van der Waals surface area contributed by atoms with Crippen LogP contribution in [0, 0.1) is 0 Å². The number of hydrogen-bond donors (Lipinski definition) is 4. The molecule has 0 bridgehead atoms. The Bertz CT molecular complexity index is 863. The number of rotatable bonds is 45. The maximum atomic E-state index is 13.3. The number of nitrogens with zero attached hydrogens (tertiary/aromatic N) is 2. The molecule has 10 nitrogen and oxygen atoms in total. The summed E-state index contributed by atoms with van der Waals surface area (Å²) >= 11 is 0. The zero-order valence-electron chi connectivity index (χ0n) is 37.7. The lowest BCUT2D eigenvalue weighted by Crippen LogP contribution is -2.50. The first-order chi connectivity index (χ1) is 28.4. The number of carbonyl (C=O) groups excluding carboxylic acids is 2. The molecular weight excluding hydrogens is 733 g/mol. The van der Waals surface area contributed by atoms with Crippen molar-refractivity contribution >= 4 is 11.9 Å². The van der Waals surface area contributed by atoms with Crippen LogP contribution in [0.25, 0.3) is 0 Å². The highest BCUT2D eigenvalue weighted by molar-refractivity contribution is 5.70. The molecule has 0 aromatic rings. The van der Waals surface area contributed by atoms with Gasteiger partial charge >= 0.3 is 11.9 Å². The molecule has 0 heterocycles. The van der Waals surface area contributed by atoms with E-state index in [2.05, 4.69) is 38.2 Å². The average Bonchev–Trinajstić information content (AvgIpc) is 3.20. The summed E-state index contributed by atoms with van der Waals surface area (Å²) in [7, 11) is 0. The Morgan fingerprint density at radius 1 is 0.414 bits per heavy atom. The van der Waals surface area contributed by atoms with Crippen molar-refractivity contribution in [2.45, 2.75) is 206 Å². The van der Waals surface area contributed by atoms with Crippen LogP contribution in [0.4, 0.5) is 0 Å². The highest BCUT2D eigenvalue weighted by atomic mass is 16.6. The molecule has 0 fully saturated rings. The van der Waals surface area contributed by atoms with Crippen LogP contribution in [0.3, 0.4) is 0 Å². The number of allylic oxidation sites excluding steroid dienone is 4. The van der Waals surface area contributed by atoms with Crippen LogP contribution in [-0.2, 0) is 19.1 Å². The van der Waals surface area contributed by atoms with E-state index in [1.165, 1.54) is 89.9 Å². The third-order valence-electron chi connectivity index (χ3n) is 10.8. The molecule has 0 radical (unpaired) electrons. The molecule has 0 aliphatic rings. The molecule has 0 aromatic heterocycles. The van der Waals surface area contributed by atoms with Crippen molar-refractivity contribution in [1.29, 1.82) is 0 Å². The number of unbranched alkanes of at least 4 members (excludes halogenated alkanes) is 22. The predicted molar refractivity (Wildman–Crippen MR) is 240 cm³/mol. The summed E-state index contributed by atoms with van der Waals surface area (Å²) in [5.74, 6) is -0.741. The van der Waals surface area contributed by atoms with Crippen LogP contribution >= 0.6 is 0 Å².